The molecule has 0 N–H and O–H groups in total. The molecule has 0 aromatic carbocycles. The Hall–Kier alpha value is -0.0000000000000000555. The monoisotopic (exact) mass is 122 g/mol. The van der Waals surface area contributed by atoms with Crippen molar-refractivity contribution in [2.24, 2.45) is 0 Å². The highest BCUT2D eigenvalue weighted by molar-refractivity contribution is 8.12. The van der Waals surface area contributed by atoms with Gasteiger partial charge in [0.05, 0.1) is 0 Å². The number of rotatable bonds is 0. The van der Waals surface area contributed by atoms with Gasteiger partial charge in [0.25, 0.3) is 0 Å². The lowest BCUT2D eigenvalue weighted by molar-refractivity contribution is 0.696. The second-order valence-corrected chi connectivity index (χ2v) is 2.07. The minimum absolute atomic E-state index is 1.45. The van der Waals surface area contributed by atoms with Crippen LogP contribution >= 0.6 is 10.7 Å². The Morgan fingerprint density at radius 2 is 2.33 bits per heavy atom. The molecule has 0 spiro atoms. The summed E-state index contributed by atoms with van der Waals surface area (Å²) in [6, 6.07) is 0. The minimum Gasteiger partial charge on any atom is -0.228 e. The van der Waals surface area contributed by atoms with E-state index < -0.39 is 10.0 Å². The molecule has 0 bridgehead atoms. The van der Waals surface area contributed by atoms with Crippen molar-refractivity contribution < 1.29 is 4.21 Å². The van der Waals surface area contributed by atoms with E-state index in [4.69, 9.17) is 10.7 Å². The maximum atomic E-state index is 9.75. The molecule has 0 radical (unpaired) electrons. The van der Waals surface area contributed by atoms with E-state index in [0.717, 1.165) is 0 Å². The van der Waals surface area contributed by atoms with E-state index in [2.05, 4.69) is 11.2 Å². The van der Waals surface area contributed by atoms with Gasteiger partial charge in [0, 0.05) is 15.9 Å². The molecule has 34 valence electrons. The topological polar surface area (TPSA) is 17.1 Å². The summed E-state index contributed by atoms with van der Waals surface area (Å²) in [7, 11) is 3.42. The summed E-state index contributed by atoms with van der Waals surface area (Å²) < 4.78 is 9.75. The molecular formula is C3H3ClOS. The molecule has 1 unspecified atom stereocenters. The van der Waals surface area contributed by atoms with Gasteiger partial charge < -0.3 is 0 Å². The van der Waals surface area contributed by atoms with Gasteiger partial charge in [-0.05, 0) is 6.92 Å². The largest absolute Gasteiger partial charge is 0.228 e. The van der Waals surface area contributed by atoms with E-state index in [9.17, 15) is 4.21 Å². The van der Waals surface area contributed by atoms with Gasteiger partial charge in [0.1, 0.15) is 0 Å². The smallest absolute Gasteiger partial charge is 0.193 e. The fraction of sp³-hybridized carbons (Fsp3) is 0.333. The van der Waals surface area contributed by atoms with Crippen molar-refractivity contribution in [3.63, 3.8) is 0 Å². The Morgan fingerprint density at radius 3 is 2.33 bits per heavy atom. The summed E-state index contributed by atoms with van der Waals surface area (Å²) >= 11 is 0. The first-order valence-electron chi connectivity index (χ1n) is 1.28. The summed E-state index contributed by atoms with van der Waals surface area (Å²) in [6.45, 7) is 1.58. The van der Waals surface area contributed by atoms with Crippen LogP contribution in [0, 0.1) is 11.2 Å². The first kappa shape index (κ1) is 6.00. The molecule has 1 nitrogen and oxygen atoms in total. The van der Waals surface area contributed by atoms with Crippen LogP contribution in [0.3, 0.4) is 0 Å². The molecule has 0 aromatic rings. The third-order valence-corrected chi connectivity index (χ3v) is 0.778. The van der Waals surface area contributed by atoms with Crippen LogP contribution in [0.15, 0.2) is 0 Å². The zero-order valence-electron chi connectivity index (χ0n) is 3.19. The highest BCUT2D eigenvalue weighted by atomic mass is 35.7. The van der Waals surface area contributed by atoms with Crippen molar-refractivity contribution >= 4 is 20.7 Å². The zero-order valence-corrected chi connectivity index (χ0v) is 4.77. The average Bonchev–Trinajstić information content (AvgIpc) is 1.35. The van der Waals surface area contributed by atoms with E-state index in [1.807, 2.05) is 0 Å². The molecule has 1 atom stereocenters. The molecule has 0 fully saturated rings. The summed E-state index contributed by atoms with van der Waals surface area (Å²) in [5.74, 6) is 2.39. The van der Waals surface area contributed by atoms with E-state index in [1.54, 1.807) is 6.92 Å². The van der Waals surface area contributed by atoms with Crippen LogP contribution in [0.1, 0.15) is 6.92 Å². The van der Waals surface area contributed by atoms with Gasteiger partial charge >= 0.3 is 0 Å². The van der Waals surface area contributed by atoms with E-state index in [0.29, 0.717) is 0 Å². The predicted octanol–water partition coefficient (Wildman–Crippen LogP) is 0.870. The lowest BCUT2D eigenvalue weighted by Gasteiger charge is -1.60. The number of hydrogen-bond donors (Lipinski definition) is 0. The van der Waals surface area contributed by atoms with E-state index in [-0.39, 0.29) is 0 Å². The van der Waals surface area contributed by atoms with Crippen LogP contribution in [0.5, 0.6) is 0 Å². The highest BCUT2D eigenvalue weighted by Gasteiger charge is 1.73. The third-order valence-electron chi connectivity index (χ3n) is 0.182. The molecule has 0 heterocycles. The van der Waals surface area contributed by atoms with Crippen LogP contribution in [-0.2, 0) is 10.0 Å². The average molecular weight is 123 g/mol. The molecule has 0 amide bonds. The maximum absolute atomic E-state index is 9.75. The quantitative estimate of drug-likeness (QED) is 0.344. The van der Waals surface area contributed by atoms with Crippen molar-refractivity contribution in [3.05, 3.63) is 0 Å². The number of hydrogen-bond acceptors (Lipinski definition) is 1. The van der Waals surface area contributed by atoms with Crippen LogP contribution in [0.25, 0.3) is 0 Å². The van der Waals surface area contributed by atoms with Crippen LogP contribution in [0.4, 0.5) is 0 Å². The van der Waals surface area contributed by atoms with Crippen molar-refractivity contribution in [2.45, 2.75) is 6.92 Å². The fourth-order valence-electron chi connectivity index (χ4n) is 0.0802. The number of halogens is 1. The molecule has 3 heteroatoms. The summed E-state index contributed by atoms with van der Waals surface area (Å²) in [5.41, 5.74) is 0. The molecule has 0 aliphatic heterocycles. The second kappa shape index (κ2) is 3.20. The van der Waals surface area contributed by atoms with Gasteiger partial charge in [-0.2, -0.15) is 0 Å². The lowest BCUT2D eigenvalue weighted by atomic mass is 10.9. The Bertz CT molecular complexity index is 110. The van der Waals surface area contributed by atoms with Gasteiger partial charge in [-0.15, -0.1) is 0 Å². The van der Waals surface area contributed by atoms with E-state index in [1.165, 1.54) is 0 Å². The van der Waals surface area contributed by atoms with Crippen LogP contribution in [-0.4, -0.2) is 4.21 Å². The fourth-order valence-corrected chi connectivity index (χ4v) is 0.472. The maximum Gasteiger partial charge on any atom is 0.193 e. The Balaban J connectivity index is 3.50. The lowest BCUT2D eigenvalue weighted by Crippen LogP contribution is -1.61. The molecule has 0 aromatic heterocycles. The molecule has 0 aliphatic carbocycles. The molecule has 0 aliphatic rings. The van der Waals surface area contributed by atoms with Gasteiger partial charge in [0.15, 0.2) is 10.0 Å². The van der Waals surface area contributed by atoms with Gasteiger partial charge in [-0.1, -0.05) is 5.92 Å². The Labute approximate surface area is 43.6 Å². The summed E-state index contributed by atoms with van der Waals surface area (Å²) in [6.07, 6.45) is 0. The second-order valence-electron chi connectivity index (χ2n) is 0.576. The summed E-state index contributed by atoms with van der Waals surface area (Å²) in [4.78, 5) is 0. The van der Waals surface area contributed by atoms with Crippen molar-refractivity contribution in [3.8, 4) is 11.2 Å². The minimum atomic E-state index is -1.45. The molecule has 6 heavy (non-hydrogen) atoms. The van der Waals surface area contributed by atoms with Gasteiger partial charge in [-0.3, -0.25) is 0 Å². The van der Waals surface area contributed by atoms with Crippen LogP contribution < -0.4 is 0 Å². The van der Waals surface area contributed by atoms with Crippen molar-refractivity contribution in [1.82, 2.24) is 0 Å². The standard InChI is InChI=1S/C3H3ClOS/c1-2-3-6(4)5/h1H3. The normalized spacial score (nSPS) is 11.7. The van der Waals surface area contributed by atoms with Gasteiger partial charge in [-0.25, -0.2) is 4.21 Å². The zero-order chi connectivity index (χ0) is 4.99. The Morgan fingerprint density at radius 1 is 1.83 bits per heavy atom. The van der Waals surface area contributed by atoms with Crippen molar-refractivity contribution in [2.75, 3.05) is 0 Å². The third kappa shape index (κ3) is 4.00. The molecular weight excluding hydrogens is 120 g/mol. The summed E-state index contributed by atoms with van der Waals surface area (Å²) in [5, 5.41) is 2.20. The Kier molecular flexibility index (Phi) is 3.20. The molecule has 0 rings (SSSR count). The first-order chi connectivity index (χ1) is 2.77. The molecule has 0 saturated carbocycles. The highest BCUT2D eigenvalue weighted by Crippen LogP contribution is 1.80. The first-order valence-corrected chi connectivity index (χ1v) is 3.25. The predicted molar refractivity (Wildman–Crippen MR) is 27.4 cm³/mol. The SMILES string of the molecule is CC#CS(=O)Cl. The van der Waals surface area contributed by atoms with E-state index >= 15 is 0 Å². The van der Waals surface area contributed by atoms with Gasteiger partial charge in [0.2, 0.25) is 0 Å². The van der Waals surface area contributed by atoms with Crippen molar-refractivity contribution in [1.29, 1.82) is 0 Å². The van der Waals surface area contributed by atoms with Crippen LogP contribution in [0.2, 0.25) is 0 Å². The molecule has 0 saturated heterocycles.